The third-order valence-corrected chi connectivity index (χ3v) is 2.84. The summed E-state index contributed by atoms with van der Waals surface area (Å²) >= 11 is 0. The molecule has 0 unspecified atom stereocenters. The van der Waals surface area contributed by atoms with Gasteiger partial charge in [0.2, 0.25) is 5.91 Å². The van der Waals surface area contributed by atoms with E-state index in [0.717, 1.165) is 23.1 Å². The maximum atomic E-state index is 11.6. The van der Waals surface area contributed by atoms with E-state index < -0.39 is 0 Å². The molecule has 0 atom stereocenters. The molecule has 0 aliphatic rings. The Bertz CT molecular complexity index is 620. The van der Waals surface area contributed by atoms with Crippen LogP contribution in [-0.4, -0.2) is 36.4 Å². The topological polar surface area (TPSA) is 45.2 Å². The predicted octanol–water partition coefficient (Wildman–Crippen LogP) is 1.97. The standard InChI is InChI=1S/C16H19N3O/c1-19(2)11-5-8-16(20)17-12-14-10-9-13-6-3-4-7-15(13)18-14/h3-10H,11-12H2,1-2H3,(H,17,20)/b8-5+. The van der Waals surface area contributed by atoms with E-state index >= 15 is 0 Å². The Hall–Kier alpha value is -2.20. The van der Waals surface area contributed by atoms with Crippen LogP contribution in [0.5, 0.6) is 0 Å². The van der Waals surface area contributed by atoms with Gasteiger partial charge >= 0.3 is 0 Å². The summed E-state index contributed by atoms with van der Waals surface area (Å²) in [5, 5.41) is 3.94. The number of benzene rings is 1. The fraction of sp³-hybridized carbons (Fsp3) is 0.250. The molecule has 0 aliphatic carbocycles. The number of carbonyl (C=O) groups excluding carboxylic acids is 1. The Morgan fingerprint density at radius 2 is 2.05 bits per heavy atom. The van der Waals surface area contributed by atoms with Gasteiger partial charge in [-0.3, -0.25) is 9.78 Å². The summed E-state index contributed by atoms with van der Waals surface area (Å²) in [5.41, 5.74) is 1.81. The average molecular weight is 269 g/mol. The maximum absolute atomic E-state index is 11.6. The summed E-state index contributed by atoms with van der Waals surface area (Å²) in [4.78, 5) is 18.1. The zero-order chi connectivity index (χ0) is 14.4. The SMILES string of the molecule is CN(C)C/C=C/C(=O)NCc1ccc2ccccc2n1. The number of pyridine rings is 1. The smallest absolute Gasteiger partial charge is 0.244 e. The highest BCUT2D eigenvalue weighted by molar-refractivity contribution is 5.87. The molecule has 2 aromatic rings. The number of rotatable bonds is 5. The highest BCUT2D eigenvalue weighted by Gasteiger charge is 2.00. The van der Waals surface area contributed by atoms with Crippen molar-refractivity contribution in [1.82, 2.24) is 15.2 Å². The number of nitrogens with one attached hydrogen (secondary N) is 1. The van der Waals surface area contributed by atoms with Crippen LogP contribution in [0.1, 0.15) is 5.69 Å². The Morgan fingerprint density at radius 3 is 2.85 bits per heavy atom. The number of nitrogens with zero attached hydrogens (tertiary/aromatic N) is 2. The van der Waals surface area contributed by atoms with Gasteiger partial charge in [-0.15, -0.1) is 0 Å². The second kappa shape index (κ2) is 6.82. The third kappa shape index (κ3) is 4.17. The zero-order valence-corrected chi connectivity index (χ0v) is 11.8. The molecule has 20 heavy (non-hydrogen) atoms. The molecule has 0 radical (unpaired) electrons. The van der Waals surface area contributed by atoms with Crippen molar-refractivity contribution >= 4 is 16.8 Å². The van der Waals surface area contributed by atoms with Crippen LogP contribution in [0.4, 0.5) is 0 Å². The van der Waals surface area contributed by atoms with E-state index in [0.29, 0.717) is 6.54 Å². The molecule has 1 aromatic carbocycles. The zero-order valence-electron chi connectivity index (χ0n) is 11.8. The molecule has 1 amide bonds. The first-order valence-electron chi connectivity index (χ1n) is 6.59. The summed E-state index contributed by atoms with van der Waals surface area (Å²) in [6, 6.07) is 11.9. The van der Waals surface area contributed by atoms with E-state index in [1.54, 1.807) is 6.08 Å². The van der Waals surface area contributed by atoms with Crippen molar-refractivity contribution in [3.63, 3.8) is 0 Å². The van der Waals surface area contributed by atoms with Crippen LogP contribution in [0.15, 0.2) is 48.6 Å². The molecule has 0 bridgehead atoms. The molecular weight excluding hydrogens is 250 g/mol. The number of fused-ring (bicyclic) bond motifs is 1. The lowest BCUT2D eigenvalue weighted by molar-refractivity contribution is -0.116. The Kier molecular flexibility index (Phi) is 4.85. The van der Waals surface area contributed by atoms with Crippen LogP contribution in [0.25, 0.3) is 10.9 Å². The van der Waals surface area contributed by atoms with Crippen LogP contribution < -0.4 is 5.32 Å². The summed E-state index contributed by atoms with van der Waals surface area (Å²) in [7, 11) is 3.92. The fourth-order valence-corrected chi connectivity index (χ4v) is 1.81. The molecule has 0 aliphatic heterocycles. The van der Waals surface area contributed by atoms with E-state index in [9.17, 15) is 4.79 Å². The lowest BCUT2D eigenvalue weighted by atomic mass is 10.2. The Morgan fingerprint density at radius 1 is 1.25 bits per heavy atom. The highest BCUT2D eigenvalue weighted by atomic mass is 16.1. The minimum atomic E-state index is -0.0955. The third-order valence-electron chi connectivity index (χ3n) is 2.84. The van der Waals surface area contributed by atoms with Gasteiger partial charge in [-0.1, -0.05) is 30.3 Å². The molecule has 0 saturated carbocycles. The first-order chi connectivity index (χ1) is 9.65. The lowest BCUT2D eigenvalue weighted by Gasteiger charge is -2.05. The number of hydrogen-bond acceptors (Lipinski definition) is 3. The van der Waals surface area contributed by atoms with Crippen molar-refractivity contribution in [3.05, 3.63) is 54.2 Å². The molecule has 0 fully saturated rings. The second-order valence-electron chi connectivity index (χ2n) is 4.88. The molecule has 1 heterocycles. The summed E-state index contributed by atoms with van der Waals surface area (Å²) in [6.07, 6.45) is 3.39. The lowest BCUT2D eigenvalue weighted by Crippen LogP contribution is -2.21. The second-order valence-corrected chi connectivity index (χ2v) is 4.88. The van der Waals surface area contributed by atoms with Crippen molar-refractivity contribution in [2.24, 2.45) is 0 Å². The van der Waals surface area contributed by atoms with E-state index in [1.807, 2.05) is 61.5 Å². The number of likely N-dealkylation sites (N-methyl/N-ethyl adjacent to an activating group) is 1. The molecule has 1 aromatic heterocycles. The van der Waals surface area contributed by atoms with Gasteiger partial charge in [0.1, 0.15) is 0 Å². The van der Waals surface area contributed by atoms with Gasteiger partial charge < -0.3 is 10.2 Å². The van der Waals surface area contributed by atoms with Crippen molar-refractivity contribution in [2.75, 3.05) is 20.6 Å². The molecule has 0 spiro atoms. The van der Waals surface area contributed by atoms with Crippen molar-refractivity contribution < 1.29 is 4.79 Å². The van der Waals surface area contributed by atoms with E-state index in [1.165, 1.54) is 0 Å². The minimum Gasteiger partial charge on any atom is -0.347 e. The number of aromatic nitrogens is 1. The molecule has 1 N–H and O–H groups in total. The van der Waals surface area contributed by atoms with Crippen LogP contribution in [-0.2, 0) is 11.3 Å². The maximum Gasteiger partial charge on any atom is 0.244 e. The van der Waals surface area contributed by atoms with Gasteiger partial charge in [0.05, 0.1) is 17.8 Å². The number of carbonyl (C=O) groups is 1. The van der Waals surface area contributed by atoms with Crippen LogP contribution in [0, 0.1) is 0 Å². The van der Waals surface area contributed by atoms with Gasteiger partial charge in [-0.05, 0) is 26.2 Å². The van der Waals surface area contributed by atoms with Crippen molar-refractivity contribution in [2.45, 2.75) is 6.54 Å². The monoisotopic (exact) mass is 269 g/mol. The van der Waals surface area contributed by atoms with Crippen LogP contribution >= 0.6 is 0 Å². The largest absolute Gasteiger partial charge is 0.347 e. The van der Waals surface area contributed by atoms with Gasteiger partial charge in [-0.25, -0.2) is 0 Å². The first kappa shape index (κ1) is 14.2. The predicted molar refractivity (Wildman–Crippen MR) is 81.3 cm³/mol. The van der Waals surface area contributed by atoms with Gasteiger partial charge in [0.15, 0.2) is 0 Å². The highest BCUT2D eigenvalue weighted by Crippen LogP contribution is 2.11. The number of para-hydroxylation sites is 1. The van der Waals surface area contributed by atoms with Gasteiger partial charge in [0, 0.05) is 18.0 Å². The average Bonchev–Trinajstić information content (AvgIpc) is 2.44. The molecule has 4 heteroatoms. The molecular formula is C16H19N3O. The van der Waals surface area contributed by atoms with Crippen LogP contribution in [0.3, 0.4) is 0 Å². The normalized spacial score (nSPS) is 11.3. The first-order valence-corrected chi connectivity index (χ1v) is 6.59. The molecule has 0 saturated heterocycles. The van der Waals surface area contributed by atoms with Gasteiger partial charge in [0.25, 0.3) is 0 Å². The van der Waals surface area contributed by atoms with Gasteiger partial charge in [-0.2, -0.15) is 0 Å². The fourth-order valence-electron chi connectivity index (χ4n) is 1.81. The van der Waals surface area contributed by atoms with E-state index in [-0.39, 0.29) is 5.91 Å². The molecule has 104 valence electrons. The molecule has 2 rings (SSSR count). The number of hydrogen-bond donors (Lipinski definition) is 1. The quantitative estimate of drug-likeness (QED) is 0.844. The van der Waals surface area contributed by atoms with Crippen molar-refractivity contribution in [3.8, 4) is 0 Å². The van der Waals surface area contributed by atoms with E-state index in [2.05, 4.69) is 10.3 Å². The van der Waals surface area contributed by atoms with E-state index in [4.69, 9.17) is 0 Å². The summed E-state index contributed by atoms with van der Waals surface area (Å²) < 4.78 is 0. The minimum absolute atomic E-state index is 0.0955. The summed E-state index contributed by atoms with van der Waals surface area (Å²) in [6.45, 7) is 1.19. The summed E-state index contributed by atoms with van der Waals surface area (Å²) in [5.74, 6) is -0.0955. The number of amides is 1. The Balaban J connectivity index is 1.92. The molecule has 4 nitrogen and oxygen atoms in total. The van der Waals surface area contributed by atoms with Crippen LogP contribution in [0.2, 0.25) is 0 Å². The van der Waals surface area contributed by atoms with Crippen molar-refractivity contribution in [1.29, 1.82) is 0 Å². The Labute approximate surface area is 119 Å².